The quantitative estimate of drug-likeness (QED) is 0.617. The number of hydrazine groups is 1. The summed E-state index contributed by atoms with van der Waals surface area (Å²) < 4.78 is 40.9. The van der Waals surface area contributed by atoms with Gasteiger partial charge in [0.1, 0.15) is 22.1 Å². The van der Waals surface area contributed by atoms with E-state index in [0.717, 1.165) is 5.56 Å². The van der Waals surface area contributed by atoms with Gasteiger partial charge in [0, 0.05) is 0 Å². The number of nitrogens with one attached hydrogen (secondary N) is 2. The average Bonchev–Trinajstić information content (AvgIpc) is 2.67. The van der Waals surface area contributed by atoms with Gasteiger partial charge in [-0.2, -0.15) is 0 Å². The van der Waals surface area contributed by atoms with Gasteiger partial charge >= 0.3 is 0 Å². The highest BCUT2D eigenvalue weighted by Crippen LogP contribution is 2.24. The number of hydrogen-bond acceptors (Lipinski definition) is 6. The SMILES string of the molecule is CCOc1ccc(O[C@@H](C)C(=O)NNS(=O)(=O)c2cc(C)ccc2OC)cc1. The Morgan fingerprint density at radius 2 is 1.75 bits per heavy atom. The molecule has 0 heterocycles. The fraction of sp³-hybridized carbons (Fsp3) is 0.316. The molecule has 0 aliphatic rings. The number of methoxy groups -OCH3 is 1. The summed E-state index contributed by atoms with van der Waals surface area (Å²) in [6.45, 7) is 5.69. The van der Waals surface area contributed by atoms with Gasteiger partial charge < -0.3 is 14.2 Å². The first-order valence-electron chi connectivity index (χ1n) is 8.62. The number of amides is 1. The van der Waals surface area contributed by atoms with Crippen LogP contribution in [0.25, 0.3) is 0 Å². The second kappa shape index (κ2) is 9.43. The second-order valence-electron chi connectivity index (χ2n) is 5.91. The van der Waals surface area contributed by atoms with Crippen LogP contribution in [0.15, 0.2) is 47.4 Å². The summed E-state index contributed by atoms with van der Waals surface area (Å²) in [4.78, 5) is 14.2. The van der Waals surface area contributed by atoms with Crippen molar-refractivity contribution in [2.45, 2.75) is 31.8 Å². The van der Waals surface area contributed by atoms with Crippen LogP contribution in [0.4, 0.5) is 0 Å². The second-order valence-corrected chi connectivity index (χ2v) is 7.56. The molecule has 1 atom stereocenters. The molecule has 9 heteroatoms. The molecule has 2 aromatic carbocycles. The molecule has 2 aromatic rings. The smallest absolute Gasteiger partial charge is 0.275 e. The fourth-order valence-corrected chi connectivity index (χ4v) is 3.41. The normalized spacial score (nSPS) is 12.1. The number of aryl methyl sites for hydroxylation is 1. The van der Waals surface area contributed by atoms with E-state index in [4.69, 9.17) is 14.2 Å². The van der Waals surface area contributed by atoms with Crippen LogP contribution in [-0.2, 0) is 14.8 Å². The van der Waals surface area contributed by atoms with Gasteiger partial charge in [-0.1, -0.05) is 6.07 Å². The first kappa shape index (κ1) is 21.5. The Morgan fingerprint density at radius 3 is 2.36 bits per heavy atom. The zero-order chi connectivity index (χ0) is 20.7. The molecule has 0 aliphatic carbocycles. The van der Waals surface area contributed by atoms with Crippen LogP contribution in [-0.4, -0.2) is 34.1 Å². The number of carbonyl (C=O) groups is 1. The van der Waals surface area contributed by atoms with Gasteiger partial charge in [0.15, 0.2) is 6.10 Å². The van der Waals surface area contributed by atoms with Crippen molar-refractivity contribution >= 4 is 15.9 Å². The molecule has 2 rings (SSSR count). The number of benzene rings is 2. The van der Waals surface area contributed by atoms with Crippen molar-refractivity contribution in [3.05, 3.63) is 48.0 Å². The third kappa shape index (κ3) is 5.61. The highest BCUT2D eigenvalue weighted by Gasteiger charge is 2.22. The molecule has 0 unspecified atom stereocenters. The van der Waals surface area contributed by atoms with Gasteiger partial charge in [-0.25, -0.2) is 8.42 Å². The molecule has 2 N–H and O–H groups in total. The Labute approximate surface area is 164 Å². The van der Waals surface area contributed by atoms with Gasteiger partial charge in [-0.3, -0.25) is 10.2 Å². The Morgan fingerprint density at radius 1 is 1.11 bits per heavy atom. The first-order chi connectivity index (χ1) is 13.3. The highest BCUT2D eigenvalue weighted by atomic mass is 32.2. The van der Waals surface area contributed by atoms with Crippen LogP contribution in [0, 0.1) is 6.92 Å². The van der Waals surface area contributed by atoms with Crippen LogP contribution in [0.1, 0.15) is 19.4 Å². The molecule has 0 spiro atoms. The van der Waals surface area contributed by atoms with Crippen LogP contribution < -0.4 is 24.5 Å². The molecule has 28 heavy (non-hydrogen) atoms. The molecule has 0 aliphatic heterocycles. The van der Waals surface area contributed by atoms with E-state index < -0.39 is 22.0 Å². The standard InChI is InChI=1S/C19H24N2O6S/c1-5-26-15-7-9-16(10-8-15)27-14(3)19(22)20-21-28(23,24)18-12-13(2)6-11-17(18)25-4/h6-12,14,21H,5H2,1-4H3,(H,20,22)/t14-/m0/s1. The van der Waals surface area contributed by atoms with Crippen molar-refractivity contribution in [3.63, 3.8) is 0 Å². The molecule has 0 aromatic heterocycles. The van der Waals surface area contributed by atoms with E-state index in [1.54, 1.807) is 43.3 Å². The van der Waals surface area contributed by atoms with E-state index in [0.29, 0.717) is 18.1 Å². The zero-order valence-corrected chi connectivity index (χ0v) is 17.0. The van der Waals surface area contributed by atoms with E-state index in [2.05, 4.69) is 10.3 Å². The van der Waals surface area contributed by atoms with Crippen LogP contribution in [0.3, 0.4) is 0 Å². The maximum Gasteiger partial charge on any atom is 0.275 e. The van der Waals surface area contributed by atoms with E-state index in [9.17, 15) is 13.2 Å². The summed E-state index contributed by atoms with van der Waals surface area (Å²) in [7, 11) is -2.65. The predicted molar refractivity (Wildman–Crippen MR) is 104 cm³/mol. The number of sulfonamides is 1. The lowest BCUT2D eigenvalue weighted by Crippen LogP contribution is -2.47. The summed E-state index contributed by atoms with van der Waals surface area (Å²) in [6, 6.07) is 11.5. The molecule has 8 nitrogen and oxygen atoms in total. The third-order valence-electron chi connectivity index (χ3n) is 3.73. The van der Waals surface area contributed by atoms with Crippen molar-refractivity contribution < 1.29 is 27.4 Å². The summed E-state index contributed by atoms with van der Waals surface area (Å²) >= 11 is 0. The Balaban J connectivity index is 1.99. The number of ether oxygens (including phenoxy) is 3. The molecule has 0 fully saturated rings. The summed E-state index contributed by atoms with van der Waals surface area (Å²) in [5.41, 5.74) is 2.90. The summed E-state index contributed by atoms with van der Waals surface area (Å²) in [6.07, 6.45) is -0.931. The van der Waals surface area contributed by atoms with Crippen molar-refractivity contribution in [2.75, 3.05) is 13.7 Å². The predicted octanol–water partition coefficient (Wildman–Crippen LogP) is 2.18. The fourth-order valence-electron chi connectivity index (χ4n) is 2.31. The van der Waals surface area contributed by atoms with Gasteiger partial charge in [-0.15, -0.1) is 4.83 Å². The number of hydrogen-bond donors (Lipinski definition) is 2. The van der Waals surface area contributed by atoms with Gasteiger partial charge in [-0.05, 0) is 62.7 Å². The van der Waals surface area contributed by atoms with Gasteiger partial charge in [0.05, 0.1) is 13.7 Å². The zero-order valence-electron chi connectivity index (χ0n) is 16.2. The van der Waals surface area contributed by atoms with Gasteiger partial charge in [0.25, 0.3) is 15.9 Å². The maximum absolute atomic E-state index is 12.5. The van der Waals surface area contributed by atoms with E-state index in [-0.39, 0.29) is 10.6 Å². The van der Waals surface area contributed by atoms with Crippen molar-refractivity contribution in [1.29, 1.82) is 0 Å². The summed E-state index contributed by atoms with van der Waals surface area (Å²) in [5.74, 6) is 0.663. The minimum atomic E-state index is -4.02. The Bertz CT molecular complexity index is 913. The van der Waals surface area contributed by atoms with E-state index in [1.165, 1.54) is 20.1 Å². The highest BCUT2D eigenvalue weighted by molar-refractivity contribution is 7.89. The Kier molecular flexibility index (Phi) is 7.24. The largest absolute Gasteiger partial charge is 0.495 e. The minimum absolute atomic E-state index is 0.0737. The molecule has 0 radical (unpaired) electrons. The van der Waals surface area contributed by atoms with Crippen LogP contribution in [0.2, 0.25) is 0 Å². The van der Waals surface area contributed by atoms with Crippen molar-refractivity contribution in [2.24, 2.45) is 0 Å². The molecule has 0 saturated heterocycles. The molecule has 152 valence electrons. The minimum Gasteiger partial charge on any atom is -0.495 e. The lowest BCUT2D eigenvalue weighted by atomic mass is 10.2. The molecule has 1 amide bonds. The van der Waals surface area contributed by atoms with Crippen LogP contribution in [0.5, 0.6) is 17.2 Å². The van der Waals surface area contributed by atoms with Crippen molar-refractivity contribution in [1.82, 2.24) is 10.3 Å². The van der Waals surface area contributed by atoms with Gasteiger partial charge in [0.2, 0.25) is 0 Å². The third-order valence-corrected chi connectivity index (χ3v) is 5.00. The summed E-state index contributed by atoms with van der Waals surface area (Å²) in [5, 5.41) is 0. The molecule has 0 saturated carbocycles. The average molecular weight is 408 g/mol. The maximum atomic E-state index is 12.5. The molecular formula is C19H24N2O6S. The number of rotatable bonds is 9. The lowest BCUT2D eigenvalue weighted by Gasteiger charge is -2.16. The topological polar surface area (TPSA) is 103 Å². The number of carbonyl (C=O) groups excluding carboxylic acids is 1. The molecule has 0 bridgehead atoms. The first-order valence-corrected chi connectivity index (χ1v) is 10.1. The van der Waals surface area contributed by atoms with E-state index >= 15 is 0 Å². The van der Waals surface area contributed by atoms with Crippen LogP contribution >= 0.6 is 0 Å². The van der Waals surface area contributed by atoms with E-state index in [1.807, 2.05) is 6.92 Å². The molecular weight excluding hydrogens is 384 g/mol. The Hall–Kier alpha value is -2.78. The lowest BCUT2D eigenvalue weighted by molar-refractivity contribution is -0.127. The monoisotopic (exact) mass is 408 g/mol. The van der Waals surface area contributed by atoms with Crippen molar-refractivity contribution in [3.8, 4) is 17.2 Å².